The van der Waals surface area contributed by atoms with Gasteiger partial charge >= 0.3 is 5.97 Å². The van der Waals surface area contributed by atoms with E-state index >= 15 is 0 Å². The Bertz CT molecular complexity index is 478. The van der Waals surface area contributed by atoms with Gasteiger partial charge in [0.15, 0.2) is 0 Å². The van der Waals surface area contributed by atoms with Gasteiger partial charge in [-0.05, 0) is 40.9 Å². The molecule has 1 saturated heterocycles. The highest BCUT2D eigenvalue weighted by atomic mass is 79.9. The summed E-state index contributed by atoms with van der Waals surface area (Å²) in [6, 6.07) is 3.10. The van der Waals surface area contributed by atoms with Crippen LogP contribution in [0.15, 0.2) is 22.9 Å². The van der Waals surface area contributed by atoms with Crippen molar-refractivity contribution in [2.45, 2.75) is 25.3 Å². The molecule has 1 fully saturated rings. The van der Waals surface area contributed by atoms with Crippen molar-refractivity contribution in [3.8, 4) is 0 Å². The minimum Gasteiger partial charge on any atom is -0.481 e. The van der Waals surface area contributed by atoms with E-state index in [1.54, 1.807) is 23.2 Å². The van der Waals surface area contributed by atoms with E-state index in [1.807, 2.05) is 0 Å². The first-order valence-corrected chi connectivity index (χ1v) is 6.51. The molecule has 0 aliphatic carbocycles. The van der Waals surface area contributed by atoms with Gasteiger partial charge in [-0.1, -0.05) is 0 Å². The summed E-state index contributed by atoms with van der Waals surface area (Å²) in [4.78, 5) is 28.7. The third-order valence-corrected chi connectivity index (χ3v) is 3.46. The van der Waals surface area contributed by atoms with Crippen molar-refractivity contribution in [2.24, 2.45) is 0 Å². The molecule has 5 nitrogen and oxygen atoms in total. The first-order chi connectivity index (χ1) is 8.58. The van der Waals surface area contributed by atoms with Crippen molar-refractivity contribution in [2.75, 3.05) is 6.54 Å². The van der Waals surface area contributed by atoms with Crippen molar-refractivity contribution in [3.05, 3.63) is 28.5 Å². The van der Waals surface area contributed by atoms with Crippen LogP contribution >= 0.6 is 15.9 Å². The average Bonchev–Trinajstić information content (AvgIpc) is 2.75. The first kappa shape index (κ1) is 13.0. The maximum Gasteiger partial charge on any atom is 0.305 e. The molecule has 18 heavy (non-hydrogen) atoms. The van der Waals surface area contributed by atoms with Crippen LogP contribution in [-0.4, -0.2) is 39.5 Å². The zero-order valence-corrected chi connectivity index (χ0v) is 11.3. The smallest absolute Gasteiger partial charge is 0.305 e. The van der Waals surface area contributed by atoms with E-state index in [1.165, 1.54) is 0 Å². The summed E-state index contributed by atoms with van der Waals surface area (Å²) in [5.74, 6) is -0.988. The Morgan fingerprint density at radius 2 is 2.33 bits per heavy atom. The Labute approximate surface area is 113 Å². The van der Waals surface area contributed by atoms with Crippen LogP contribution in [0.25, 0.3) is 0 Å². The number of halogens is 1. The van der Waals surface area contributed by atoms with E-state index in [9.17, 15) is 9.59 Å². The quantitative estimate of drug-likeness (QED) is 0.866. The van der Waals surface area contributed by atoms with Gasteiger partial charge in [0.2, 0.25) is 0 Å². The summed E-state index contributed by atoms with van der Waals surface area (Å²) in [5.41, 5.74) is 0.536. The summed E-state index contributed by atoms with van der Waals surface area (Å²) < 4.78 is 0.599. The molecule has 1 N–H and O–H groups in total. The SMILES string of the molecule is O=C(O)CC1CCCN1C(=O)c1ccnc(Br)c1. The lowest BCUT2D eigenvalue weighted by molar-refractivity contribution is -0.137. The molecule has 0 radical (unpaired) electrons. The molecule has 0 aromatic carbocycles. The zero-order valence-electron chi connectivity index (χ0n) is 9.67. The fourth-order valence-electron chi connectivity index (χ4n) is 2.22. The van der Waals surface area contributed by atoms with Crippen LogP contribution in [0.1, 0.15) is 29.6 Å². The van der Waals surface area contributed by atoms with Gasteiger partial charge in [0.25, 0.3) is 5.91 Å². The first-order valence-electron chi connectivity index (χ1n) is 5.72. The lowest BCUT2D eigenvalue weighted by atomic mass is 10.1. The number of hydrogen-bond acceptors (Lipinski definition) is 3. The number of aromatic nitrogens is 1. The molecule has 96 valence electrons. The van der Waals surface area contributed by atoms with Gasteiger partial charge in [-0.2, -0.15) is 0 Å². The molecule has 2 rings (SSSR count). The Kier molecular flexibility index (Phi) is 3.96. The van der Waals surface area contributed by atoms with Crippen molar-refractivity contribution in [1.29, 1.82) is 0 Å². The van der Waals surface area contributed by atoms with Crippen LogP contribution in [0.3, 0.4) is 0 Å². The predicted octanol–water partition coefficient (Wildman–Crippen LogP) is 1.92. The molecule has 6 heteroatoms. The number of rotatable bonds is 3. The van der Waals surface area contributed by atoms with E-state index in [0.29, 0.717) is 16.7 Å². The fraction of sp³-hybridized carbons (Fsp3) is 0.417. The van der Waals surface area contributed by atoms with Crippen LogP contribution in [0.2, 0.25) is 0 Å². The number of carbonyl (C=O) groups is 2. The molecule has 0 saturated carbocycles. The van der Waals surface area contributed by atoms with E-state index < -0.39 is 5.97 Å². The molecule has 1 atom stereocenters. The maximum absolute atomic E-state index is 12.3. The normalized spacial score (nSPS) is 18.9. The molecular weight excluding hydrogens is 300 g/mol. The van der Waals surface area contributed by atoms with Gasteiger partial charge in [-0.15, -0.1) is 0 Å². The number of carbonyl (C=O) groups excluding carboxylic acids is 1. The highest BCUT2D eigenvalue weighted by Crippen LogP contribution is 2.23. The molecule has 1 amide bonds. The van der Waals surface area contributed by atoms with Crippen molar-refractivity contribution in [3.63, 3.8) is 0 Å². The number of pyridine rings is 1. The molecule has 1 aliphatic rings. The van der Waals surface area contributed by atoms with Crippen molar-refractivity contribution >= 4 is 27.8 Å². The van der Waals surface area contributed by atoms with E-state index in [-0.39, 0.29) is 18.4 Å². The Hall–Kier alpha value is -1.43. The summed E-state index contributed by atoms with van der Waals surface area (Å²) in [6.45, 7) is 0.622. The average molecular weight is 313 g/mol. The topological polar surface area (TPSA) is 70.5 Å². The predicted molar refractivity (Wildman–Crippen MR) is 68.2 cm³/mol. The van der Waals surface area contributed by atoms with Gasteiger partial charge in [0, 0.05) is 24.3 Å². The van der Waals surface area contributed by atoms with Gasteiger partial charge in [0.1, 0.15) is 4.60 Å². The summed E-state index contributed by atoms with van der Waals surface area (Å²) in [6.07, 6.45) is 3.18. The molecular formula is C12H13BrN2O3. The molecule has 1 unspecified atom stereocenters. The fourth-order valence-corrected chi connectivity index (χ4v) is 2.58. The molecule has 1 aliphatic heterocycles. The van der Waals surface area contributed by atoms with Crippen LogP contribution in [0.5, 0.6) is 0 Å². The summed E-state index contributed by atoms with van der Waals surface area (Å²) in [5, 5.41) is 8.83. The number of hydrogen-bond donors (Lipinski definition) is 1. The van der Waals surface area contributed by atoms with Gasteiger partial charge < -0.3 is 10.0 Å². The van der Waals surface area contributed by atoms with Gasteiger partial charge in [-0.25, -0.2) is 4.98 Å². The zero-order chi connectivity index (χ0) is 13.1. The maximum atomic E-state index is 12.3. The summed E-state index contributed by atoms with van der Waals surface area (Å²) >= 11 is 3.22. The standard InChI is InChI=1S/C12H13BrN2O3/c13-10-6-8(3-4-14-10)12(18)15-5-1-2-9(15)7-11(16)17/h3-4,6,9H,1-2,5,7H2,(H,16,17). The van der Waals surface area contributed by atoms with Crippen LogP contribution in [0.4, 0.5) is 0 Å². The van der Waals surface area contributed by atoms with Gasteiger partial charge in [-0.3, -0.25) is 9.59 Å². The van der Waals surface area contributed by atoms with E-state index in [4.69, 9.17) is 5.11 Å². The number of carboxylic acid groups (broad SMARTS) is 1. The largest absolute Gasteiger partial charge is 0.481 e. The lowest BCUT2D eigenvalue weighted by Crippen LogP contribution is -2.36. The van der Waals surface area contributed by atoms with Crippen LogP contribution in [0, 0.1) is 0 Å². The highest BCUT2D eigenvalue weighted by molar-refractivity contribution is 9.10. The molecule has 1 aromatic heterocycles. The monoisotopic (exact) mass is 312 g/mol. The van der Waals surface area contributed by atoms with Crippen molar-refractivity contribution in [1.82, 2.24) is 9.88 Å². The van der Waals surface area contributed by atoms with E-state index in [0.717, 1.165) is 12.8 Å². The van der Waals surface area contributed by atoms with Crippen LogP contribution < -0.4 is 0 Å². The number of likely N-dealkylation sites (tertiary alicyclic amines) is 1. The third-order valence-electron chi connectivity index (χ3n) is 3.02. The number of nitrogens with zero attached hydrogens (tertiary/aromatic N) is 2. The second-order valence-electron chi connectivity index (χ2n) is 4.26. The Morgan fingerprint density at radius 1 is 1.56 bits per heavy atom. The van der Waals surface area contributed by atoms with Crippen molar-refractivity contribution < 1.29 is 14.7 Å². The van der Waals surface area contributed by atoms with Crippen LogP contribution in [-0.2, 0) is 4.79 Å². The Morgan fingerprint density at radius 3 is 3.00 bits per heavy atom. The molecule has 2 heterocycles. The molecule has 1 aromatic rings. The molecule has 0 spiro atoms. The minimum atomic E-state index is -0.865. The Balaban J connectivity index is 2.15. The second kappa shape index (κ2) is 5.48. The summed E-state index contributed by atoms with van der Waals surface area (Å²) in [7, 11) is 0. The molecule has 0 bridgehead atoms. The second-order valence-corrected chi connectivity index (χ2v) is 5.07. The third kappa shape index (κ3) is 2.87. The minimum absolute atomic E-state index is 0.0119. The van der Waals surface area contributed by atoms with E-state index in [2.05, 4.69) is 20.9 Å². The number of amides is 1. The lowest BCUT2D eigenvalue weighted by Gasteiger charge is -2.23. The number of carboxylic acids is 1. The van der Waals surface area contributed by atoms with Gasteiger partial charge in [0.05, 0.1) is 6.42 Å². The highest BCUT2D eigenvalue weighted by Gasteiger charge is 2.30. The number of aliphatic carboxylic acids is 1.